The van der Waals surface area contributed by atoms with Gasteiger partial charge in [0.2, 0.25) is 5.69 Å². The number of anilines is 1. The van der Waals surface area contributed by atoms with Gasteiger partial charge < -0.3 is 5.21 Å². The fourth-order valence-corrected chi connectivity index (χ4v) is 1.14. The van der Waals surface area contributed by atoms with Crippen LogP contribution in [-0.2, 0) is 4.94 Å². The van der Waals surface area contributed by atoms with Crippen LogP contribution in [0.25, 0.3) is 0 Å². The van der Waals surface area contributed by atoms with E-state index in [0.29, 0.717) is 5.69 Å². The van der Waals surface area contributed by atoms with E-state index in [4.69, 9.17) is 5.21 Å². The van der Waals surface area contributed by atoms with Crippen LogP contribution in [-0.4, -0.2) is 5.21 Å². The van der Waals surface area contributed by atoms with Crippen molar-refractivity contribution in [2.45, 2.75) is 6.92 Å². The van der Waals surface area contributed by atoms with Gasteiger partial charge in [-0.15, -0.1) is 0 Å². The average molecular weight is 168 g/mol. The number of hydrogen-bond donors (Lipinski definition) is 2. The number of quaternary nitrogens is 1. The van der Waals surface area contributed by atoms with Crippen LogP contribution in [0.3, 0.4) is 0 Å². The molecule has 5 heteroatoms. The topological polar surface area (TPSA) is 64.5 Å². The SMILES string of the molecule is Cc1ccc2c(c1)NO[N+]2([O-])O. The molecule has 0 saturated carbocycles. The molecule has 1 unspecified atom stereocenters. The molecule has 0 amide bonds. The molecule has 12 heavy (non-hydrogen) atoms. The minimum absolute atomic E-state index is 0.167. The van der Waals surface area contributed by atoms with Gasteiger partial charge in [-0.3, -0.25) is 0 Å². The number of benzene rings is 1. The molecule has 2 rings (SSSR count). The number of nitrogens with zero attached hydrogens (tertiary/aromatic N) is 1. The summed E-state index contributed by atoms with van der Waals surface area (Å²) in [6, 6.07) is 4.98. The van der Waals surface area contributed by atoms with Crippen LogP contribution in [0.1, 0.15) is 5.56 Å². The molecule has 1 aliphatic rings. The molecule has 0 radical (unpaired) electrons. The smallest absolute Gasteiger partial charge is 0.228 e. The van der Waals surface area contributed by atoms with Crippen LogP contribution in [0.5, 0.6) is 0 Å². The van der Waals surface area contributed by atoms with E-state index in [0.717, 1.165) is 5.56 Å². The summed E-state index contributed by atoms with van der Waals surface area (Å²) in [5, 5.41) is 20.1. The molecule has 5 nitrogen and oxygen atoms in total. The first-order valence-electron chi connectivity index (χ1n) is 3.48. The first-order valence-corrected chi connectivity index (χ1v) is 3.48. The molecule has 0 spiro atoms. The van der Waals surface area contributed by atoms with Gasteiger partial charge in [0.1, 0.15) is 5.69 Å². The third-order valence-electron chi connectivity index (χ3n) is 1.74. The molecule has 1 atom stereocenters. The predicted octanol–water partition coefficient (Wildman–Crippen LogP) is 1.46. The highest BCUT2D eigenvalue weighted by Gasteiger charge is 2.32. The van der Waals surface area contributed by atoms with Crippen LogP contribution in [0.15, 0.2) is 18.2 Å². The minimum Gasteiger partial charge on any atom is -0.557 e. The van der Waals surface area contributed by atoms with Crippen molar-refractivity contribution >= 4 is 11.4 Å². The maximum atomic E-state index is 11.0. The highest BCUT2D eigenvalue weighted by molar-refractivity contribution is 5.68. The van der Waals surface area contributed by atoms with E-state index >= 15 is 0 Å². The molecule has 2 N–H and O–H groups in total. The first-order chi connectivity index (χ1) is 5.59. The van der Waals surface area contributed by atoms with Crippen molar-refractivity contribution in [2.75, 3.05) is 5.48 Å². The third-order valence-corrected chi connectivity index (χ3v) is 1.74. The molecular weight excluding hydrogens is 160 g/mol. The van der Waals surface area contributed by atoms with Crippen molar-refractivity contribution in [3.05, 3.63) is 29.0 Å². The van der Waals surface area contributed by atoms with E-state index in [1.165, 1.54) is 6.07 Å². The molecule has 1 aromatic carbocycles. The Balaban J connectivity index is 2.55. The summed E-state index contributed by atoms with van der Waals surface area (Å²) in [4.78, 5) is 2.54. The molecule has 0 bridgehead atoms. The summed E-state index contributed by atoms with van der Waals surface area (Å²) < 4.78 is 0. The van der Waals surface area contributed by atoms with Crippen LogP contribution < -0.4 is 10.5 Å². The standard InChI is InChI=1S/C7H8N2O3/c1-5-2-3-7-6(4-5)8-12-9(7,10)11/h2-4,8,10H,1H3. The van der Waals surface area contributed by atoms with Crippen molar-refractivity contribution in [1.29, 1.82) is 0 Å². The van der Waals surface area contributed by atoms with Gasteiger partial charge in [0.15, 0.2) is 0 Å². The maximum Gasteiger partial charge on any atom is 0.228 e. The van der Waals surface area contributed by atoms with E-state index in [9.17, 15) is 5.21 Å². The second-order valence-corrected chi connectivity index (χ2v) is 2.73. The Bertz CT molecular complexity index is 324. The number of rotatable bonds is 0. The second-order valence-electron chi connectivity index (χ2n) is 2.73. The van der Waals surface area contributed by atoms with E-state index in [1.807, 2.05) is 6.92 Å². The summed E-state index contributed by atoms with van der Waals surface area (Å²) in [7, 11) is 0. The molecule has 1 aromatic rings. The summed E-state index contributed by atoms with van der Waals surface area (Å²) in [6.45, 7) is 1.89. The Morgan fingerprint density at radius 2 is 2.33 bits per heavy atom. The van der Waals surface area contributed by atoms with Gasteiger partial charge in [-0.25, -0.2) is 5.48 Å². The van der Waals surface area contributed by atoms with Gasteiger partial charge in [0.05, 0.1) is 0 Å². The Morgan fingerprint density at radius 1 is 1.58 bits per heavy atom. The molecule has 1 aliphatic heterocycles. The van der Waals surface area contributed by atoms with Crippen LogP contribution in [0.4, 0.5) is 11.4 Å². The largest absolute Gasteiger partial charge is 0.557 e. The lowest BCUT2D eigenvalue weighted by molar-refractivity contribution is -0.263. The van der Waals surface area contributed by atoms with Crippen molar-refractivity contribution in [3.63, 3.8) is 0 Å². The molecule has 1 heterocycles. The zero-order chi connectivity index (χ0) is 8.77. The summed E-state index contributed by atoms with van der Waals surface area (Å²) in [5.41, 5.74) is 4.01. The highest BCUT2D eigenvalue weighted by atomic mass is 17.2. The van der Waals surface area contributed by atoms with Gasteiger partial charge >= 0.3 is 0 Å². The molecule has 0 fully saturated rings. The van der Waals surface area contributed by atoms with Gasteiger partial charge in [-0.1, -0.05) is 6.07 Å². The van der Waals surface area contributed by atoms with Crippen molar-refractivity contribution in [2.24, 2.45) is 0 Å². The van der Waals surface area contributed by atoms with Gasteiger partial charge in [0, 0.05) is 6.07 Å². The van der Waals surface area contributed by atoms with Crippen molar-refractivity contribution in [1.82, 2.24) is 4.97 Å². The average Bonchev–Trinajstić information content (AvgIpc) is 2.27. The second kappa shape index (κ2) is 2.18. The van der Waals surface area contributed by atoms with Gasteiger partial charge in [-0.2, -0.15) is 5.21 Å². The fraction of sp³-hybridized carbons (Fsp3) is 0.143. The Labute approximate surface area is 68.8 Å². The quantitative estimate of drug-likeness (QED) is 0.454. The summed E-state index contributed by atoms with van der Waals surface area (Å²) in [5.74, 6) is 0. The van der Waals surface area contributed by atoms with Crippen LogP contribution >= 0.6 is 0 Å². The van der Waals surface area contributed by atoms with E-state index in [-0.39, 0.29) is 5.69 Å². The fourth-order valence-electron chi connectivity index (χ4n) is 1.14. The molecule has 0 aliphatic carbocycles. The lowest BCUT2D eigenvalue weighted by Gasteiger charge is -2.20. The third kappa shape index (κ3) is 0.961. The first kappa shape index (κ1) is 7.51. The number of fused-ring (bicyclic) bond motifs is 1. The summed E-state index contributed by atoms with van der Waals surface area (Å²) >= 11 is 0. The molecular formula is C7H8N2O3. The van der Waals surface area contributed by atoms with Crippen LogP contribution in [0.2, 0.25) is 0 Å². The lowest BCUT2D eigenvalue weighted by atomic mass is 10.2. The monoisotopic (exact) mass is 168 g/mol. The lowest BCUT2D eigenvalue weighted by Crippen LogP contribution is -2.35. The van der Waals surface area contributed by atoms with E-state index in [2.05, 4.69) is 10.4 Å². The Morgan fingerprint density at radius 3 is 3.08 bits per heavy atom. The molecule has 64 valence electrons. The van der Waals surface area contributed by atoms with Crippen LogP contribution in [0, 0.1) is 12.1 Å². The number of aryl methyl sites for hydroxylation is 1. The number of hydrogen-bond acceptors (Lipinski definition) is 4. The molecule has 0 saturated heterocycles. The molecule has 0 aromatic heterocycles. The Hall–Kier alpha value is -1.14. The zero-order valence-electron chi connectivity index (χ0n) is 6.44. The predicted molar refractivity (Wildman–Crippen MR) is 42.8 cm³/mol. The summed E-state index contributed by atoms with van der Waals surface area (Å²) in [6.07, 6.45) is 0. The Kier molecular flexibility index (Phi) is 1.36. The normalized spacial score (nSPS) is 26.6. The minimum atomic E-state index is -1.81. The highest BCUT2D eigenvalue weighted by Crippen LogP contribution is 2.35. The van der Waals surface area contributed by atoms with Crippen molar-refractivity contribution in [3.8, 4) is 0 Å². The zero-order valence-corrected chi connectivity index (χ0v) is 6.44. The van der Waals surface area contributed by atoms with Crippen molar-refractivity contribution < 1.29 is 10.1 Å². The van der Waals surface area contributed by atoms with E-state index in [1.54, 1.807) is 12.1 Å². The van der Waals surface area contributed by atoms with Gasteiger partial charge in [-0.05, 0) is 28.5 Å². The van der Waals surface area contributed by atoms with E-state index < -0.39 is 4.97 Å². The van der Waals surface area contributed by atoms with Gasteiger partial charge in [0.25, 0.3) is 0 Å². The number of nitrogens with one attached hydrogen (secondary N) is 1. The maximum absolute atomic E-state index is 11.0.